The molecule has 1 unspecified atom stereocenters. The number of ether oxygens (including phenoxy) is 1. The van der Waals surface area contributed by atoms with Crippen molar-refractivity contribution < 1.29 is 87.8 Å². The minimum atomic E-state index is -2.46. The highest BCUT2D eigenvalue weighted by molar-refractivity contribution is 6.18. The number of aliphatic hydroxyl groups excluding tert-OH is 4. The van der Waals surface area contributed by atoms with Gasteiger partial charge in [0.05, 0.1) is 37.0 Å². The van der Waals surface area contributed by atoms with Gasteiger partial charge in [-0.05, 0) is 84.8 Å². The lowest BCUT2D eigenvalue weighted by molar-refractivity contribution is -0.154. The number of unbranched alkanes of at least 4 members (excludes halogenated alkanes) is 9. The van der Waals surface area contributed by atoms with Crippen molar-refractivity contribution in [1.29, 1.82) is 0 Å². The molecule has 10 amide bonds. The Balaban J connectivity index is 2.78. The molecule has 0 aromatic carbocycles. The third-order valence-electron chi connectivity index (χ3n) is 13.9. The van der Waals surface area contributed by atoms with Crippen molar-refractivity contribution >= 4 is 82.6 Å². The SMILES string of the molecule is C/C=C1/NC(=O)[C@H]([C@H](C)O)NC(=O)[C@H](CCN)NC(=O)[C@H](CCCCN)NC(=O)[C@H](CC(=O)O)NC(=O)[C@@H](CCN)NC(=O)[C@@H](NC(=O)C[C@@H](O)CCCCCCCCCCC)COC(=O)[C@H]([C@H](O)CCl)NC(=O)[C@H](C(O)C(=O)NC2CC2)NC1=O. The van der Waals surface area contributed by atoms with E-state index in [1.54, 1.807) is 0 Å². The van der Waals surface area contributed by atoms with E-state index in [1.165, 1.54) is 6.92 Å². The van der Waals surface area contributed by atoms with E-state index in [4.69, 9.17) is 33.5 Å². The summed E-state index contributed by atoms with van der Waals surface area (Å²) in [5.41, 5.74) is 16.6. The number of hydrogen-bond acceptors (Lipinski definition) is 20. The van der Waals surface area contributed by atoms with Crippen molar-refractivity contribution in [3.63, 3.8) is 0 Å². The van der Waals surface area contributed by atoms with Crippen molar-refractivity contribution in [2.45, 2.75) is 222 Å². The van der Waals surface area contributed by atoms with E-state index in [0.717, 1.165) is 64.4 Å². The summed E-state index contributed by atoms with van der Waals surface area (Å²) in [6, 6.07) is -15.8. The number of carboxylic acids is 1. The molecule has 0 aromatic rings. The van der Waals surface area contributed by atoms with Gasteiger partial charge in [0.1, 0.15) is 54.6 Å². The Labute approximate surface area is 504 Å². The number of esters is 1. The van der Waals surface area contributed by atoms with Crippen molar-refractivity contribution in [2.24, 2.45) is 17.2 Å². The van der Waals surface area contributed by atoms with E-state index in [1.807, 2.05) is 0 Å². The highest BCUT2D eigenvalue weighted by Gasteiger charge is 2.42. The first-order chi connectivity index (χ1) is 40.8. The zero-order chi connectivity index (χ0) is 64.5. The molecule has 12 atom stereocenters. The van der Waals surface area contributed by atoms with Gasteiger partial charge in [0, 0.05) is 6.04 Å². The first-order valence-corrected chi connectivity index (χ1v) is 29.9. The Morgan fingerprint density at radius 3 is 1.67 bits per heavy atom. The van der Waals surface area contributed by atoms with E-state index >= 15 is 0 Å². The smallest absolute Gasteiger partial charge is 0.331 e. The maximum Gasteiger partial charge on any atom is 0.331 e. The lowest BCUT2D eigenvalue weighted by Gasteiger charge is -2.29. The Kier molecular flexibility index (Phi) is 35.7. The van der Waals surface area contributed by atoms with Crippen LogP contribution < -0.4 is 70.4 Å². The van der Waals surface area contributed by atoms with Crippen LogP contribution in [-0.2, 0) is 62.3 Å². The van der Waals surface area contributed by atoms with Gasteiger partial charge in [-0.2, -0.15) is 0 Å². The minimum Gasteiger partial charge on any atom is -0.481 e. The fourth-order valence-corrected chi connectivity index (χ4v) is 8.93. The first-order valence-electron chi connectivity index (χ1n) is 29.3. The molecule has 1 saturated carbocycles. The Morgan fingerprint density at radius 2 is 1.15 bits per heavy atom. The van der Waals surface area contributed by atoms with Crippen LogP contribution in [0.3, 0.4) is 0 Å². The summed E-state index contributed by atoms with van der Waals surface area (Å²) in [6.45, 7) is 2.79. The molecule has 1 heterocycles. The van der Waals surface area contributed by atoms with E-state index in [-0.39, 0.29) is 45.3 Å². The molecule has 21 N–H and O–H groups in total. The molecule has 2 rings (SSSR count). The van der Waals surface area contributed by atoms with Crippen LogP contribution in [0.4, 0.5) is 0 Å². The number of aliphatic carboxylic acids is 1. The second kappa shape index (κ2) is 40.7. The van der Waals surface area contributed by atoms with Gasteiger partial charge in [0.15, 0.2) is 12.1 Å². The third kappa shape index (κ3) is 27.8. The lowest BCUT2D eigenvalue weighted by Crippen LogP contribution is -2.63. The summed E-state index contributed by atoms with van der Waals surface area (Å²) in [5.74, 6) is -16.3. The molecule has 0 aromatic heterocycles. The number of amides is 10. The molecule has 0 bridgehead atoms. The number of alkyl halides is 1. The van der Waals surface area contributed by atoms with Gasteiger partial charge in [0.2, 0.25) is 47.3 Å². The number of aliphatic hydroxyl groups is 4. The number of rotatable bonds is 29. The van der Waals surface area contributed by atoms with Crippen molar-refractivity contribution in [3.05, 3.63) is 11.8 Å². The first kappa shape index (κ1) is 75.5. The maximum absolute atomic E-state index is 14.2. The molecule has 31 nitrogen and oxygen atoms in total. The molecule has 2 fully saturated rings. The molecular weight excluding hydrogens is 1150 g/mol. The van der Waals surface area contributed by atoms with Gasteiger partial charge in [-0.1, -0.05) is 70.8 Å². The van der Waals surface area contributed by atoms with Gasteiger partial charge in [0.25, 0.3) is 11.8 Å². The van der Waals surface area contributed by atoms with E-state index in [0.29, 0.717) is 25.7 Å². The number of nitrogens with two attached hydrogens (primary N) is 3. The number of hydrogen-bond donors (Lipinski definition) is 18. The van der Waals surface area contributed by atoms with Gasteiger partial charge < -0.3 is 101 Å². The van der Waals surface area contributed by atoms with Crippen LogP contribution in [-0.4, -0.2) is 207 Å². The Bertz CT molecular complexity index is 2300. The van der Waals surface area contributed by atoms with Crippen LogP contribution in [0.5, 0.6) is 0 Å². The third-order valence-corrected chi connectivity index (χ3v) is 14.2. The number of allylic oxidation sites excluding steroid dienone is 1. The lowest BCUT2D eigenvalue weighted by atomic mass is 10.0. The summed E-state index contributed by atoms with van der Waals surface area (Å²) in [5, 5.41) is 76.5. The Morgan fingerprint density at radius 1 is 0.628 bits per heavy atom. The van der Waals surface area contributed by atoms with Crippen LogP contribution in [0.15, 0.2) is 11.8 Å². The summed E-state index contributed by atoms with van der Waals surface area (Å²) in [6.07, 6.45) is 1.36. The van der Waals surface area contributed by atoms with Crippen LogP contribution in [0.2, 0.25) is 0 Å². The minimum absolute atomic E-state index is 0.132. The maximum atomic E-state index is 14.2. The molecule has 488 valence electrons. The highest BCUT2D eigenvalue weighted by Crippen LogP contribution is 2.19. The summed E-state index contributed by atoms with van der Waals surface area (Å²) in [4.78, 5) is 165. The summed E-state index contributed by atoms with van der Waals surface area (Å²) < 4.78 is 5.37. The average Bonchev–Trinajstić information content (AvgIpc) is 4.26. The molecule has 1 aliphatic heterocycles. The number of carbonyl (C=O) groups excluding carboxylic acids is 11. The van der Waals surface area contributed by atoms with Crippen LogP contribution >= 0.6 is 11.6 Å². The summed E-state index contributed by atoms with van der Waals surface area (Å²) in [7, 11) is 0. The Hall–Kier alpha value is -6.61. The number of cyclic esters (lactones) is 1. The van der Waals surface area contributed by atoms with Gasteiger partial charge in [-0.25, -0.2) is 4.79 Å². The van der Waals surface area contributed by atoms with E-state index in [9.17, 15) is 83.1 Å². The number of carbonyl (C=O) groups is 12. The fraction of sp³-hybridized carbons (Fsp3) is 0.741. The topological polar surface area (TPSA) is 514 Å². The predicted molar refractivity (Wildman–Crippen MR) is 309 cm³/mol. The molecule has 32 heteroatoms. The molecule has 1 aliphatic carbocycles. The zero-order valence-electron chi connectivity index (χ0n) is 49.2. The van der Waals surface area contributed by atoms with Crippen molar-refractivity contribution in [2.75, 3.05) is 32.1 Å². The molecule has 0 radical (unpaired) electrons. The zero-order valence-corrected chi connectivity index (χ0v) is 50.0. The van der Waals surface area contributed by atoms with Crippen molar-refractivity contribution in [3.8, 4) is 0 Å². The fourth-order valence-electron chi connectivity index (χ4n) is 8.75. The molecule has 0 spiro atoms. The van der Waals surface area contributed by atoms with Crippen LogP contribution in [0, 0.1) is 0 Å². The molecular formula is C54H92ClN13O18. The van der Waals surface area contributed by atoms with Crippen molar-refractivity contribution in [1.82, 2.24) is 53.2 Å². The van der Waals surface area contributed by atoms with Crippen LogP contribution in [0.25, 0.3) is 0 Å². The van der Waals surface area contributed by atoms with Gasteiger partial charge in [-0.15, -0.1) is 11.6 Å². The molecule has 2 aliphatic rings. The number of nitrogens with one attached hydrogen (secondary N) is 10. The van der Waals surface area contributed by atoms with Crippen LogP contribution in [0.1, 0.15) is 143 Å². The number of carboxylic acid groups (broad SMARTS) is 1. The van der Waals surface area contributed by atoms with Gasteiger partial charge in [-0.3, -0.25) is 52.7 Å². The normalized spacial score (nSPS) is 24.9. The predicted octanol–water partition coefficient (Wildman–Crippen LogP) is -4.97. The average molecular weight is 1250 g/mol. The van der Waals surface area contributed by atoms with E-state index < -0.39 is 187 Å². The standard InChI is InChI=1S/C54H92ClN13O18/c1-4-6-7-8-9-10-11-12-13-16-31(70)25-39(72)60-37-28-86-54(85)42(38(71)27-55)67-52(83)43(44(75)53(84)59-30-18-19-30)68-45(76)32(5-2)61-51(82)41(29(3)69)66-48(79)35(21-24-58)63-46(77)33(17-14-15-22-56)62-49(80)36(26-40(73)74)65-47(78)34(20-23-57)64-50(37)81/h5,29-31,33-38,41-44,69-71,75H,4,6-28,56-58H2,1-3H3,(H,59,84)(H,60,72)(H,61,82)(H,62,80)(H,63,77)(H,64,81)(H,65,78)(H,66,79)(H,67,83)(H,68,76)(H,73,74)/b32-5+/t29-,31-,33-,34+,35-,36-,37-,38+,41-,42-,43-,44?/m0/s1. The molecule has 86 heavy (non-hydrogen) atoms. The molecule has 1 saturated heterocycles. The van der Waals surface area contributed by atoms with E-state index in [2.05, 4.69) is 60.1 Å². The van der Waals surface area contributed by atoms with Gasteiger partial charge >= 0.3 is 11.9 Å². The quantitative estimate of drug-likeness (QED) is 0.0144. The largest absolute Gasteiger partial charge is 0.481 e. The number of halogens is 1. The second-order valence-electron chi connectivity index (χ2n) is 21.3. The summed E-state index contributed by atoms with van der Waals surface area (Å²) >= 11 is 5.95. The second-order valence-corrected chi connectivity index (χ2v) is 21.6. The highest BCUT2D eigenvalue weighted by atomic mass is 35.5. The monoisotopic (exact) mass is 1250 g/mol.